The van der Waals surface area contributed by atoms with Gasteiger partial charge in [0.15, 0.2) is 5.92 Å². The number of hydrogen-bond donors (Lipinski definition) is 2. The van der Waals surface area contributed by atoms with Crippen LogP contribution >= 0.6 is 0 Å². The first-order valence-corrected chi connectivity index (χ1v) is 5.92. The van der Waals surface area contributed by atoms with Gasteiger partial charge in [-0.3, -0.25) is 9.59 Å². The molecule has 0 fully saturated rings. The number of phenolic OH excluding ortho intramolecular Hbond substituents is 1. The lowest BCUT2D eigenvalue weighted by Crippen LogP contribution is -2.33. The monoisotopic (exact) mass is 266 g/mol. The van der Waals surface area contributed by atoms with Crippen LogP contribution in [-0.4, -0.2) is 27.8 Å². The molecule has 1 aromatic carbocycles. The Morgan fingerprint density at radius 2 is 1.74 bits per heavy atom. The third kappa shape index (κ3) is 4.99. The minimum atomic E-state index is -1.25. The maximum atomic E-state index is 11.8. The van der Waals surface area contributed by atoms with Gasteiger partial charge in [0.1, 0.15) is 11.4 Å². The van der Waals surface area contributed by atoms with Crippen LogP contribution in [-0.2, 0) is 20.7 Å². The minimum absolute atomic E-state index is 0.0323. The van der Waals surface area contributed by atoms with Crippen LogP contribution in [0.4, 0.5) is 0 Å². The van der Waals surface area contributed by atoms with Crippen molar-refractivity contribution in [3.8, 4) is 5.75 Å². The average Bonchev–Trinajstić information content (AvgIpc) is 2.25. The smallest absolute Gasteiger partial charge is 0.321 e. The second-order valence-electron chi connectivity index (χ2n) is 5.29. The number of carbonyl (C=O) groups is 2. The summed E-state index contributed by atoms with van der Waals surface area (Å²) in [5, 5.41) is 18.3. The lowest BCUT2D eigenvalue weighted by atomic mass is 9.99. The Hall–Kier alpha value is -2.04. The highest BCUT2D eigenvalue weighted by Crippen LogP contribution is 2.17. The van der Waals surface area contributed by atoms with E-state index in [1.54, 1.807) is 32.9 Å². The zero-order chi connectivity index (χ0) is 14.6. The van der Waals surface area contributed by atoms with E-state index < -0.39 is 23.5 Å². The summed E-state index contributed by atoms with van der Waals surface area (Å²) < 4.78 is 5.09. The van der Waals surface area contributed by atoms with E-state index in [2.05, 4.69) is 0 Å². The van der Waals surface area contributed by atoms with Gasteiger partial charge in [-0.1, -0.05) is 12.1 Å². The Labute approximate surface area is 111 Å². The Bertz CT molecular complexity index is 456. The Morgan fingerprint density at radius 1 is 1.21 bits per heavy atom. The molecule has 0 radical (unpaired) electrons. The molecule has 2 N–H and O–H groups in total. The number of phenols is 1. The van der Waals surface area contributed by atoms with E-state index in [9.17, 15) is 9.59 Å². The molecular formula is C14H18O5. The fraction of sp³-hybridized carbons (Fsp3) is 0.429. The molecule has 1 unspecified atom stereocenters. The molecule has 0 aliphatic heterocycles. The fourth-order valence-corrected chi connectivity index (χ4v) is 1.51. The standard InChI is InChI=1S/C14H18O5/c1-14(2,3)19-13(18)11(12(16)17)8-9-4-6-10(15)7-5-9/h4-7,11,15H,8H2,1-3H3,(H,16,17). The zero-order valence-electron chi connectivity index (χ0n) is 11.2. The number of aliphatic carboxylic acids is 1. The molecule has 0 aliphatic carbocycles. The highest BCUT2D eigenvalue weighted by Gasteiger charge is 2.31. The molecule has 5 nitrogen and oxygen atoms in total. The molecule has 1 atom stereocenters. The number of rotatable bonds is 4. The fourth-order valence-electron chi connectivity index (χ4n) is 1.51. The van der Waals surface area contributed by atoms with Gasteiger partial charge >= 0.3 is 11.9 Å². The second-order valence-corrected chi connectivity index (χ2v) is 5.29. The van der Waals surface area contributed by atoms with Crippen molar-refractivity contribution in [1.82, 2.24) is 0 Å². The van der Waals surface area contributed by atoms with E-state index >= 15 is 0 Å². The van der Waals surface area contributed by atoms with Crippen LogP contribution in [0.2, 0.25) is 0 Å². The number of carboxylic acid groups (broad SMARTS) is 1. The topological polar surface area (TPSA) is 83.8 Å². The molecule has 104 valence electrons. The first kappa shape index (κ1) is 15.0. The largest absolute Gasteiger partial charge is 0.508 e. The normalized spacial score (nSPS) is 12.8. The highest BCUT2D eigenvalue weighted by molar-refractivity contribution is 5.94. The second kappa shape index (κ2) is 5.73. The lowest BCUT2D eigenvalue weighted by molar-refractivity contribution is -0.166. The average molecular weight is 266 g/mol. The van der Waals surface area contributed by atoms with Crippen molar-refractivity contribution < 1.29 is 24.5 Å². The molecule has 0 amide bonds. The molecular weight excluding hydrogens is 248 g/mol. The Morgan fingerprint density at radius 3 is 2.16 bits per heavy atom. The van der Waals surface area contributed by atoms with Crippen molar-refractivity contribution in [3.05, 3.63) is 29.8 Å². The van der Waals surface area contributed by atoms with Crippen molar-refractivity contribution in [2.45, 2.75) is 32.8 Å². The van der Waals surface area contributed by atoms with Crippen molar-refractivity contribution in [1.29, 1.82) is 0 Å². The third-order valence-electron chi connectivity index (χ3n) is 2.37. The summed E-state index contributed by atoms with van der Waals surface area (Å²) in [6.45, 7) is 5.05. The molecule has 19 heavy (non-hydrogen) atoms. The maximum absolute atomic E-state index is 11.8. The van der Waals surface area contributed by atoms with Gasteiger partial charge in [0.05, 0.1) is 0 Å². The van der Waals surface area contributed by atoms with Gasteiger partial charge in [-0.2, -0.15) is 0 Å². The summed E-state index contributed by atoms with van der Waals surface area (Å²) in [5.41, 5.74) is -0.0734. The Kier molecular flexibility index (Phi) is 4.53. The third-order valence-corrected chi connectivity index (χ3v) is 2.37. The molecule has 0 saturated heterocycles. The summed E-state index contributed by atoms with van der Waals surface area (Å²) in [4.78, 5) is 23.0. The van der Waals surface area contributed by atoms with Gasteiger partial charge in [-0.25, -0.2) is 0 Å². The van der Waals surface area contributed by atoms with E-state index in [0.29, 0.717) is 5.56 Å². The number of carbonyl (C=O) groups excluding carboxylic acids is 1. The summed E-state index contributed by atoms with van der Waals surface area (Å²) in [6.07, 6.45) is 0.0323. The van der Waals surface area contributed by atoms with Gasteiger partial charge in [0.2, 0.25) is 0 Å². The van der Waals surface area contributed by atoms with Gasteiger partial charge in [0.25, 0.3) is 0 Å². The number of ether oxygens (including phenoxy) is 1. The maximum Gasteiger partial charge on any atom is 0.321 e. The Balaban J connectivity index is 2.81. The van der Waals surface area contributed by atoms with Crippen LogP contribution in [0.1, 0.15) is 26.3 Å². The summed E-state index contributed by atoms with van der Waals surface area (Å²) in [6, 6.07) is 6.05. The molecule has 0 spiro atoms. The van der Waals surface area contributed by atoms with Crippen molar-refractivity contribution >= 4 is 11.9 Å². The first-order valence-electron chi connectivity index (χ1n) is 5.92. The minimum Gasteiger partial charge on any atom is -0.508 e. The van der Waals surface area contributed by atoms with E-state index in [4.69, 9.17) is 14.9 Å². The summed E-state index contributed by atoms with van der Waals surface area (Å²) in [7, 11) is 0. The van der Waals surface area contributed by atoms with Crippen LogP contribution in [0.3, 0.4) is 0 Å². The number of benzene rings is 1. The van der Waals surface area contributed by atoms with Crippen LogP contribution in [0.25, 0.3) is 0 Å². The van der Waals surface area contributed by atoms with Crippen LogP contribution < -0.4 is 0 Å². The van der Waals surface area contributed by atoms with Crippen molar-refractivity contribution in [3.63, 3.8) is 0 Å². The number of esters is 1. The molecule has 1 aromatic rings. The van der Waals surface area contributed by atoms with Crippen LogP contribution in [0, 0.1) is 5.92 Å². The predicted octanol–water partition coefficient (Wildman–Crippen LogP) is 1.98. The molecule has 0 aliphatic rings. The van der Waals surface area contributed by atoms with E-state index in [1.807, 2.05) is 0 Å². The van der Waals surface area contributed by atoms with Gasteiger partial charge in [-0.15, -0.1) is 0 Å². The number of hydrogen-bond acceptors (Lipinski definition) is 4. The van der Waals surface area contributed by atoms with Crippen molar-refractivity contribution in [2.75, 3.05) is 0 Å². The van der Waals surface area contributed by atoms with Gasteiger partial charge < -0.3 is 14.9 Å². The van der Waals surface area contributed by atoms with Crippen LogP contribution in [0.5, 0.6) is 5.75 Å². The predicted molar refractivity (Wildman–Crippen MR) is 68.8 cm³/mol. The SMILES string of the molecule is CC(C)(C)OC(=O)C(Cc1ccc(O)cc1)C(=O)O. The molecule has 1 rings (SSSR count). The lowest BCUT2D eigenvalue weighted by Gasteiger charge is -2.22. The van der Waals surface area contributed by atoms with Crippen molar-refractivity contribution in [2.24, 2.45) is 5.92 Å². The van der Waals surface area contributed by atoms with Gasteiger partial charge in [-0.05, 0) is 44.9 Å². The molecule has 5 heteroatoms. The summed E-state index contributed by atoms with van der Waals surface area (Å²) >= 11 is 0. The number of aromatic hydroxyl groups is 1. The molecule has 0 heterocycles. The van der Waals surface area contributed by atoms with E-state index in [0.717, 1.165) is 0 Å². The zero-order valence-corrected chi connectivity index (χ0v) is 11.2. The molecule has 0 aromatic heterocycles. The molecule has 0 bridgehead atoms. The first-order chi connectivity index (χ1) is 8.69. The highest BCUT2D eigenvalue weighted by atomic mass is 16.6. The van der Waals surface area contributed by atoms with Gasteiger partial charge in [0, 0.05) is 0 Å². The van der Waals surface area contributed by atoms with E-state index in [-0.39, 0.29) is 12.2 Å². The molecule has 0 saturated carbocycles. The summed E-state index contributed by atoms with van der Waals surface area (Å²) in [5.74, 6) is -3.13. The number of carboxylic acids is 1. The van der Waals surface area contributed by atoms with E-state index in [1.165, 1.54) is 12.1 Å². The van der Waals surface area contributed by atoms with Crippen LogP contribution in [0.15, 0.2) is 24.3 Å². The quantitative estimate of drug-likeness (QED) is 0.643.